The maximum Gasteiger partial charge on any atom is 0.164 e. The Bertz CT molecular complexity index is 660. The topological polar surface area (TPSA) is 153 Å². The number of aliphatic hydroxyl groups is 3. The summed E-state index contributed by atoms with van der Waals surface area (Å²) in [4.78, 5) is 8.07. The molecule has 0 saturated carbocycles. The maximum absolute atomic E-state index is 10.1. The van der Waals surface area contributed by atoms with Crippen molar-refractivity contribution in [3.05, 3.63) is 18.1 Å². The van der Waals surface area contributed by atoms with Gasteiger partial charge in [0.25, 0.3) is 0 Å². The lowest BCUT2D eigenvalue weighted by molar-refractivity contribution is -0.0509. The molecule has 9 heteroatoms. The molecule has 1 saturated heterocycles. The van der Waals surface area contributed by atoms with Gasteiger partial charge in [-0.3, -0.25) is 0 Å². The maximum atomic E-state index is 10.1. The number of hydrogen-bond acceptors (Lipinski definition) is 8. The summed E-state index contributed by atoms with van der Waals surface area (Å²) in [5, 5.41) is 29.7. The van der Waals surface area contributed by atoms with Gasteiger partial charge in [0.05, 0.1) is 12.0 Å². The van der Waals surface area contributed by atoms with Gasteiger partial charge in [0.15, 0.2) is 6.23 Å². The molecule has 0 radical (unpaired) electrons. The van der Waals surface area contributed by atoms with Crippen LogP contribution in [0.4, 0.5) is 5.82 Å². The van der Waals surface area contributed by atoms with Gasteiger partial charge in [-0.2, -0.15) is 0 Å². The fourth-order valence-electron chi connectivity index (χ4n) is 2.65. The van der Waals surface area contributed by atoms with Gasteiger partial charge in [-0.15, -0.1) is 0 Å². The SMILES string of the molecule is NCc1cn([C@H]2O[C@@H](CO)[C@@H](O)[C@H]2O)c2ncnc(N)c12. The summed E-state index contributed by atoms with van der Waals surface area (Å²) in [7, 11) is 0. The van der Waals surface area contributed by atoms with Gasteiger partial charge in [0.1, 0.15) is 36.1 Å². The molecule has 0 aromatic carbocycles. The Hall–Kier alpha value is -1.78. The molecule has 3 rings (SSSR count). The van der Waals surface area contributed by atoms with Crippen molar-refractivity contribution in [2.24, 2.45) is 5.73 Å². The zero-order chi connectivity index (χ0) is 15.1. The van der Waals surface area contributed by atoms with Gasteiger partial charge in [0.2, 0.25) is 0 Å². The van der Waals surface area contributed by atoms with Crippen molar-refractivity contribution in [1.82, 2.24) is 14.5 Å². The van der Waals surface area contributed by atoms with E-state index >= 15 is 0 Å². The molecule has 2 aromatic rings. The highest BCUT2D eigenvalue weighted by Gasteiger charge is 2.44. The van der Waals surface area contributed by atoms with Crippen molar-refractivity contribution >= 4 is 16.9 Å². The number of nitrogens with zero attached hydrogens (tertiary/aromatic N) is 3. The van der Waals surface area contributed by atoms with Crippen LogP contribution in [-0.4, -0.2) is 54.8 Å². The third kappa shape index (κ3) is 2.06. The van der Waals surface area contributed by atoms with Gasteiger partial charge in [-0.25, -0.2) is 9.97 Å². The predicted octanol–water partition coefficient (Wildman–Crippen LogP) is -1.92. The predicted molar refractivity (Wildman–Crippen MR) is 72.8 cm³/mol. The number of rotatable bonds is 3. The van der Waals surface area contributed by atoms with Crippen LogP contribution >= 0.6 is 0 Å². The van der Waals surface area contributed by atoms with Crippen molar-refractivity contribution in [2.75, 3.05) is 12.3 Å². The van der Waals surface area contributed by atoms with Gasteiger partial charge in [-0.05, 0) is 5.56 Å². The molecule has 2 aromatic heterocycles. The molecule has 4 atom stereocenters. The lowest BCUT2D eigenvalue weighted by atomic mass is 10.1. The Morgan fingerprint density at radius 2 is 2.05 bits per heavy atom. The molecule has 21 heavy (non-hydrogen) atoms. The third-order valence-corrected chi connectivity index (χ3v) is 3.73. The smallest absolute Gasteiger partial charge is 0.164 e. The number of hydrogen-bond donors (Lipinski definition) is 5. The molecule has 0 aliphatic carbocycles. The normalized spacial score (nSPS) is 29.3. The van der Waals surface area contributed by atoms with Crippen molar-refractivity contribution < 1.29 is 20.1 Å². The van der Waals surface area contributed by atoms with E-state index in [0.29, 0.717) is 16.6 Å². The molecule has 0 bridgehead atoms. The number of nitrogen functional groups attached to an aromatic ring is 1. The first-order chi connectivity index (χ1) is 10.1. The zero-order valence-corrected chi connectivity index (χ0v) is 11.1. The molecular formula is C12H17N5O4. The van der Waals surface area contributed by atoms with Gasteiger partial charge in [0, 0.05) is 12.7 Å². The monoisotopic (exact) mass is 295 g/mol. The fraction of sp³-hybridized carbons (Fsp3) is 0.500. The molecule has 7 N–H and O–H groups in total. The highest BCUT2D eigenvalue weighted by Crippen LogP contribution is 2.34. The Kier molecular flexibility index (Phi) is 3.51. The summed E-state index contributed by atoms with van der Waals surface area (Å²) in [6.07, 6.45) is -1.15. The van der Waals surface area contributed by atoms with Crippen molar-refractivity contribution in [3.8, 4) is 0 Å². The second-order valence-corrected chi connectivity index (χ2v) is 4.95. The molecular weight excluding hydrogens is 278 g/mol. The molecule has 0 spiro atoms. The number of aromatic nitrogens is 3. The highest BCUT2D eigenvalue weighted by atomic mass is 16.6. The lowest BCUT2D eigenvalue weighted by Gasteiger charge is -2.17. The minimum atomic E-state index is -1.19. The van der Waals surface area contributed by atoms with Crippen LogP contribution in [0.2, 0.25) is 0 Å². The average molecular weight is 295 g/mol. The Balaban J connectivity index is 2.11. The summed E-state index contributed by atoms with van der Waals surface area (Å²) >= 11 is 0. The summed E-state index contributed by atoms with van der Waals surface area (Å²) in [6, 6.07) is 0. The Morgan fingerprint density at radius 1 is 1.29 bits per heavy atom. The largest absolute Gasteiger partial charge is 0.394 e. The number of fused-ring (bicyclic) bond motifs is 1. The van der Waals surface area contributed by atoms with Crippen molar-refractivity contribution in [2.45, 2.75) is 31.1 Å². The summed E-state index contributed by atoms with van der Waals surface area (Å²) < 4.78 is 7.05. The molecule has 9 nitrogen and oxygen atoms in total. The quantitative estimate of drug-likeness (QED) is 0.439. The Morgan fingerprint density at radius 3 is 2.67 bits per heavy atom. The molecule has 1 aliphatic rings. The minimum Gasteiger partial charge on any atom is -0.394 e. The molecule has 0 unspecified atom stereocenters. The first-order valence-corrected chi connectivity index (χ1v) is 6.51. The van der Waals surface area contributed by atoms with E-state index in [1.807, 2.05) is 0 Å². The van der Waals surface area contributed by atoms with Gasteiger partial charge >= 0.3 is 0 Å². The second-order valence-electron chi connectivity index (χ2n) is 4.95. The number of aliphatic hydroxyl groups excluding tert-OH is 3. The van der Waals surface area contributed by atoms with E-state index in [1.54, 1.807) is 10.8 Å². The summed E-state index contributed by atoms with van der Waals surface area (Å²) in [5.41, 5.74) is 12.7. The Labute approximate surface area is 119 Å². The van der Waals surface area contributed by atoms with Crippen molar-refractivity contribution in [3.63, 3.8) is 0 Å². The summed E-state index contributed by atoms with van der Waals surface area (Å²) in [6.45, 7) is -0.176. The van der Waals surface area contributed by atoms with Crippen LogP contribution in [0.1, 0.15) is 11.8 Å². The highest BCUT2D eigenvalue weighted by molar-refractivity contribution is 5.89. The number of ether oxygens (including phenoxy) is 1. The molecule has 3 heterocycles. The zero-order valence-electron chi connectivity index (χ0n) is 11.1. The second kappa shape index (κ2) is 5.20. The van der Waals surface area contributed by atoms with Crippen LogP contribution in [0.5, 0.6) is 0 Å². The molecule has 1 fully saturated rings. The van der Waals surface area contributed by atoms with Gasteiger partial charge < -0.3 is 36.1 Å². The van der Waals surface area contributed by atoms with Crippen LogP contribution in [0.3, 0.4) is 0 Å². The van der Waals surface area contributed by atoms with E-state index in [1.165, 1.54) is 6.33 Å². The standard InChI is InChI=1S/C12H17N5O4/c13-1-5-2-17(11-7(5)10(14)15-4-16-11)12-9(20)8(19)6(3-18)21-12/h2,4,6,8-9,12,18-20H,1,3,13H2,(H2,14,15,16)/t6-,8+,9+,12-/m0/s1. The van der Waals surface area contributed by atoms with E-state index < -0.39 is 31.1 Å². The molecule has 1 aliphatic heterocycles. The fourth-order valence-corrected chi connectivity index (χ4v) is 2.65. The third-order valence-electron chi connectivity index (χ3n) is 3.73. The first-order valence-electron chi connectivity index (χ1n) is 6.51. The average Bonchev–Trinajstić information content (AvgIpc) is 2.99. The number of anilines is 1. The van der Waals surface area contributed by atoms with E-state index in [2.05, 4.69) is 9.97 Å². The lowest BCUT2D eigenvalue weighted by Crippen LogP contribution is -2.33. The van der Waals surface area contributed by atoms with Crippen LogP contribution in [0.25, 0.3) is 11.0 Å². The van der Waals surface area contributed by atoms with Crippen molar-refractivity contribution in [1.29, 1.82) is 0 Å². The van der Waals surface area contributed by atoms with E-state index in [4.69, 9.17) is 21.3 Å². The van der Waals surface area contributed by atoms with E-state index in [9.17, 15) is 10.2 Å². The van der Waals surface area contributed by atoms with Crippen LogP contribution in [0, 0.1) is 0 Å². The van der Waals surface area contributed by atoms with Crippen LogP contribution < -0.4 is 11.5 Å². The first kappa shape index (κ1) is 14.2. The number of nitrogens with two attached hydrogens (primary N) is 2. The summed E-state index contributed by atoms with van der Waals surface area (Å²) in [5.74, 6) is 0.283. The van der Waals surface area contributed by atoms with Gasteiger partial charge in [-0.1, -0.05) is 0 Å². The van der Waals surface area contributed by atoms with E-state index in [0.717, 1.165) is 0 Å². The molecule has 114 valence electrons. The minimum absolute atomic E-state index is 0.218. The van der Waals surface area contributed by atoms with Crippen LogP contribution in [0.15, 0.2) is 12.5 Å². The molecule has 0 amide bonds. The van der Waals surface area contributed by atoms with E-state index in [-0.39, 0.29) is 12.4 Å². The van der Waals surface area contributed by atoms with Crippen LogP contribution in [-0.2, 0) is 11.3 Å².